The molecule has 1 amide bonds. The Morgan fingerprint density at radius 3 is 2.75 bits per heavy atom. The molecular weight excluding hydrogens is 202 g/mol. The minimum Gasteiger partial charge on any atom is -0.497 e. The van der Waals surface area contributed by atoms with Crippen molar-refractivity contribution < 1.29 is 9.53 Å². The monoisotopic (exact) mass is 219 g/mol. The maximum absolute atomic E-state index is 11.2. The first-order valence-corrected chi connectivity index (χ1v) is 5.16. The van der Waals surface area contributed by atoms with Crippen LogP contribution in [-0.2, 0) is 4.79 Å². The second kappa shape index (κ2) is 5.35. The van der Waals surface area contributed by atoms with E-state index in [4.69, 9.17) is 10.5 Å². The molecule has 16 heavy (non-hydrogen) atoms. The van der Waals surface area contributed by atoms with E-state index in [0.29, 0.717) is 0 Å². The normalized spacial score (nSPS) is 13.9. The number of carbonyl (C=O) groups excluding carboxylic acids is 1. The summed E-state index contributed by atoms with van der Waals surface area (Å²) in [5.41, 5.74) is 6.29. The van der Waals surface area contributed by atoms with Crippen LogP contribution in [0.1, 0.15) is 18.4 Å². The molecule has 0 bridgehead atoms. The van der Waals surface area contributed by atoms with Crippen molar-refractivity contribution in [2.45, 2.75) is 12.8 Å². The number of carbonyl (C=O) groups is 1. The fourth-order valence-corrected chi connectivity index (χ4v) is 1.65. The van der Waals surface area contributed by atoms with E-state index in [-0.39, 0.29) is 17.7 Å². The van der Waals surface area contributed by atoms with E-state index >= 15 is 0 Å². The number of allylic oxidation sites excluding steroid dienone is 1. The van der Waals surface area contributed by atoms with Crippen molar-refractivity contribution in [2.75, 3.05) is 7.11 Å². The molecule has 0 saturated heterocycles. The van der Waals surface area contributed by atoms with Gasteiger partial charge < -0.3 is 10.5 Å². The van der Waals surface area contributed by atoms with E-state index in [1.165, 1.54) is 0 Å². The third-order valence-corrected chi connectivity index (χ3v) is 2.72. The highest BCUT2D eigenvalue weighted by Gasteiger charge is 2.21. The number of methoxy groups -OCH3 is 1. The summed E-state index contributed by atoms with van der Waals surface area (Å²) in [5.74, 6) is 0.0888. The van der Waals surface area contributed by atoms with Crippen LogP contribution in [0.15, 0.2) is 36.9 Å². The van der Waals surface area contributed by atoms with Crippen LogP contribution in [0.5, 0.6) is 5.75 Å². The average molecular weight is 219 g/mol. The highest BCUT2D eigenvalue weighted by molar-refractivity contribution is 5.77. The van der Waals surface area contributed by atoms with Gasteiger partial charge in [0.1, 0.15) is 5.75 Å². The van der Waals surface area contributed by atoms with Crippen LogP contribution >= 0.6 is 0 Å². The molecule has 2 N–H and O–H groups in total. The predicted molar refractivity (Wildman–Crippen MR) is 64.3 cm³/mol. The second-order valence-electron chi connectivity index (χ2n) is 3.73. The van der Waals surface area contributed by atoms with Gasteiger partial charge in [-0.05, 0) is 17.7 Å². The van der Waals surface area contributed by atoms with Crippen molar-refractivity contribution in [3.63, 3.8) is 0 Å². The summed E-state index contributed by atoms with van der Waals surface area (Å²) < 4.78 is 5.14. The van der Waals surface area contributed by atoms with Crippen LogP contribution in [0.4, 0.5) is 0 Å². The zero-order chi connectivity index (χ0) is 12.1. The van der Waals surface area contributed by atoms with Gasteiger partial charge in [-0.3, -0.25) is 4.79 Å². The molecule has 1 aromatic rings. The first-order valence-electron chi connectivity index (χ1n) is 5.16. The Bertz CT molecular complexity index is 387. The van der Waals surface area contributed by atoms with Crippen LogP contribution in [0.25, 0.3) is 0 Å². The maximum Gasteiger partial charge on any atom is 0.221 e. The van der Waals surface area contributed by atoms with Crippen molar-refractivity contribution in [3.05, 3.63) is 42.5 Å². The van der Waals surface area contributed by atoms with Gasteiger partial charge in [-0.15, -0.1) is 6.58 Å². The average Bonchev–Trinajstić information content (AvgIpc) is 2.30. The van der Waals surface area contributed by atoms with Crippen LogP contribution in [0.2, 0.25) is 0 Å². The van der Waals surface area contributed by atoms with Gasteiger partial charge in [0.05, 0.1) is 7.11 Å². The number of amides is 1. The smallest absolute Gasteiger partial charge is 0.221 e. The van der Waals surface area contributed by atoms with Crippen molar-refractivity contribution in [1.29, 1.82) is 0 Å². The molecule has 3 nitrogen and oxygen atoms in total. The Kier molecular flexibility index (Phi) is 4.11. The van der Waals surface area contributed by atoms with E-state index in [1.807, 2.05) is 24.3 Å². The van der Waals surface area contributed by atoms with E-state index in [2.05, 4.69) is 6.58 Å². The van der Waals surface area contributed by atoms with Crippen molar-refractivity contribution in [1.82, 2.24) is 0 Å². The summed E-state index contributed by atoms with van der Waals surface area (Å²) in [4.78, 5) is 11.2. The molecule has 0 heterocycles. The van der Waals surface area contributed by atoms with E-state index in [9.17, 15) is 4.79 Å². The highest BCUT2D eigenvalue weighted by Crippen LogP contribution is 2.28. The van der Waals surface area contributed by atoms with E-state index in [0.717, 1.165) is 11.3 Å². The summed E-state index contributed by atoms with van der Waals surface area (Å²) in [6, 6.07) is 7.58. The molecule has 0 aliphatic carbocycles. The molecule has 2 unspecified atom stereocenters. The van der Waals surface area contributed by atoms with Gasteiger partial charge >= 0.3 is 0 Å². The third kappa shape index (κ3) is 2.63. The molecule has 1 rings (SSSR count). The Morgan fingerprint density at radius 2 is 2.25 bits per heavy atom. The topological polar surface area (TPSA) is 52.3 Å². The molecule has 3 heteroatoms. The highest BCUT2D eigenvalue weighted by atomic mass is 16.5. The van der Waals surface area contributed by atoms with E-state index in [1.54, 1.807) is 20.1 Å². The summed E-state index contributed by atoms with van der Waals surface area (Å²) in [6.07, 6.45) is 1.74. The molecule has 0 aliphatic rings. The lowest BCUT2D eigenvalue weighted by Crippen LogP contribution is -2.25. The molecule has 0 saturated carbocycles. The van der Waals surface area contributed by atoms with Crippen molar-refractivity contribution in [2.24, 2.45) is 11.7 Å². The summed E-state index contributed by atoms with van der Waals surface area (Å²) in [7, 11) is 1.61. The van der Waals surface area contributed by atoms with Gasteiger partial charge in [0, 0.05) is 11.8 Å². The minimum atomic E-state index is -0.326. The lowest BCUT2D eigenvalue weighted by molar-refractivity contribution is -0.121. The number of hydrogen-bond acceptors (Lipinski definition) is 2. The number of hydrogen-bond donors (Lipinski definition) is 1. The number of ether oxygens (including phenoxy) is 1. The van der Waals surface area contributed by atoms with Gasteiger partial charge in [-0.2, -0.15) is 0 Å². The molecule has 0 aromatic heterocycles. The standard InChI is InChI=1S/C13H17NO2/c1-4-12(9(2)13(14)15)10-6-5-7-11(8-10)16-3/h4-9,12H,1H2,2-3H3,(H2,14,15). The first-order chi connectivity index (χ1) is 7.60. The fourth-order valence-electron chi connectivity index (χ4n) is 1.65. The molecule has 86 valence electrons. The molecule has 0 fully saturated rings. The van der Waals surface area contributed by atoms with E-state index < -0.39 is 0 Å². The van der Waals surface area contributed by atoms with Crippen LogP contribution in [-0.4, -0.2) is 13.0 Å². The summed E-state index contributed by atoms with van der Waals surface area (Å²) in [5, 5.41) is 0. The number of benzene rings is 1. The fraction of sp³-hybridized carbons (Fsp3) is 0.308. The lowest BCUT2D eigenvalue weighted by atomic mass is 9.87. The Balaban J connectivity index is 3.03. The molecule has 0 aliphatic heterocycles. The largest absolute Gasteiger partial charge is 0.497 e. The second-order valence-corrected chi connectivity index (χ2v) is 3.73. The number of nitrogens with two attached hydrogens (primary N) is 1. The number of primary amides is 1. The lowest BCUT2D eigenvalue weighted by Gasteiger charge is -2.18. The maximum atomic E-state index is 11.2. The van der Waals surface area contributed by atoms with Crippen LogP contribution in [0.3, 0.4) is 0 Å². The SMILES string of the molecule is C=CC(c1cccc(OC)c1)C(C)C(N)=O. The zero-order valence-corrected chi connectivity index (χ0v) is 9.64. The first kappa shape index (κ1) is 12.3. The molecule has 0 spiro atoms. The van der Waals surface area contributed by atoms with Gasteiger partial charge in [-0.25, -0.2) is 0 Å². The third-order valence-electron chi connectivity index (χ3n) is 2.72. The van der Waals surface area contributed by atoms with Gasteiger partial charge in [-0.1, -0.05) is 25.1 Å². The van der Waals surface area contributed by atoms with Gasteiger partial charge in [0.2, 0.25) is 5.91 Å². The van der Waals surface area contributed by atoms with Gasteiger partial charge in [0.25, 0.3) is 0 Å². The van der Waals surface area contributed by atoms with Crippen LogP contribution in [0, 0.1) is 5.92 Å². The van der Waals surface area contributed by atoms with Gasteiger partial charge in [0.15, 0.2) is 0 Å². The zero-order valence-electron chi connectivity index (χ0n) is 9.64. The Hall–Kier alpha value is -1.77. The summed E-state index contributed by atoms with van der Waals surface area (Å²) >= 11 is 0. The molecule has 0 radical (unpaired) electrons. The quantitative estimate of drug-likeness (QED) is 0.771. The Labute approximate surface area is 95.9 Å². The predicted octanol–water partition coefficient (Wildman–Crippen LogP) is 2.09. The summed E-state index contributed by atoms with van der Waals surface area (Å²) in [6.45, 7) is 5.55. The number of rotatable bonds is 5. The minimum absolute atomic E-state index is 0.0763. The molecular formula is C13H17NO2. The van der Waals surface area contributed by atoms with Crippen molar-refractivity contribution in [3.8, 4) is 5.75 Å². The van der Waals surface area contributed by atoms with Crippen LogP contribution < -0.4 is 10.5 Å². The molecule has 2 atom stereocenters. The Morgan fingerprint density at radius 1 is 1.56 bits per heavy atom. The van der Waals surface area contributed by atoms with Crippen molar-refractivity contribution >= 4 is 5.91 Å². The molecule has 1 aromatic carbocycles.